The zero-order chi connectivity index (χ0) is 10.7. The van der Waals surface area contributed by atoms with Crippen molar-refractivity contribution in [1.82, 2.24) is 5.32 Å². The predicted molar refractivity (Wildman–Crippen MR) is 57.4 cm³/mol. The molecule has 0 bridgehead atoms. The molecule has 0 spiro atoms. The predicted octanol–water partition coefficient (Wildman–Crippen LogP) is 1.56. The molecule has 0 radical (unpaired) electrons. The van der Waals surface area contributed by atoms with Gasteiger partial charge in [0.2, 0.25) is 0 Å². The molecule has 2 rings (SSSR count). The number of carbonyl (C=O) groups is 1. The van der Waals surface area contributed by atoms with Crippen molar-refractivity contribution in [3.8, 4) is 0 Å². The number of hydrogen-bond donors (Lipinski definition) is 2. The quantitative estimate of drug-likeness (QED) is 0.783. The van der Waals surface area contributed by atoms with Crippen LogP contribution in [0.1, 0.15) is 12.0 Å². The van der Waals surface area contributed by atoms with Crippen LogP contribution in [-0.2, 0) is 11.2 Å². The van der Waals surface area contributed by atoms with E-state index in [1.165, 1.54) is 5.56 Å². The maximum Gasteiger partial charge on any atom is 0.326 e. The molecule has 2 N–H and O–H groups in total. The smallest absolute Gasteiger partial charge is 0.326 e. The highest BCUT2D eigenvalue weighted by atomic mass is 16.4. The zero-order valence-electron chi connectivity index (χ0n) is 8.31. The van der Waals surface area contributed by atoms with E-state index in [9.17, 15) is 4.79 Å². The molecule has 1 atom stereocenters. The molecule has 0 saturated carbocycles. The zero-order valence-corrected chi connectivity index (χ0v) is 8.31. The fourth-order valence-corrected chi connectivity index (χ4v) is 1.74. The summed E-state index contributed by atoms with van der Waals surface area (Å²) in [6.45, 7) is 0. The van der Waals surface area contributed by atoms with Gasteiger partial charge in [-0.1, -0.05) is 30.3 Å². The molecule has 15 heavy (non-hydrogen) atoms. The van der Waals surface area contributed by atoms with Crippen molar-refractivity contribution in [3.05, 3.63) is 47.7 Å². The normalized spacial score (nSPS) is 19.5. The van der Waals surface area contributed by atoms with Crippen LogP contribution in [0.25, 0.3) is 0 Å². The molecule has 0 aliphatic carbocycles. The van der Waals surface area contributed by atoms with Crippen LogP contribution < -0.4 is 5.32 Å². The first-order valence-corrected chi connectivity index (χ1v) is 4.96. The molecule has 1 unspecified atom stereocenters. The number of carboxylic acid groups (broad SMARTS) is 1. The molecule has 1 heterocycles. The third-order valence-corrected chi connectivity index (χ3v) is 2.53. The molecule has 1 aromatic rings. The highest BCUT2D eigenvalue weighted by Crippen LogP contribution is 2.17. The first-order chi connectivity index (χ1) is 7.25. The molecule has 0 fully saturated rings. The standard InChI is InChI=1S/C12H13NO2/c14-12(15)11-7-10(8-13-11)6-9-4-2-1-3-5-9/h1-5,8,11,13H,6-7H2,(H,14,15). The Hall–Kier alpha value is -1.77. The summed E-state index contributed by atoms with van der Waals surface area (Å²) in [5.41, 5.74) is 2.37. The van der Waals surface area contributed by atoms with Gasteiger partial charge in [-0.05, 0) is 23.8 Å². The summed E-state index contributed by atoms with van der Waals surface area (Å²) in [5.74, 6) is -0.783. The van der Waals surface area contributed by atoms with Crippen LogP contribution in [0.4, 0.5) is 0 Å². The van der Waals surface area contributed by atoms with E-state index in [0.717, 1.165) is 12.0 Å². The molecule has 0 aromatic heterocycles. The Bertz CT molecular complexity index is 384. The maximum atomic E-state index is 10.7. The van der Waals surface area contributed by atoms with E-state index in [2.05, 4.69) is 17.4 Å². The van der Waals surface area contributed by atoms with Gasteiger partial charge in [-0.2, -0.15) is 0 Å². The van der Waals surface area contributed by atoms with E-state index >= 15 is 0 Å². The van der Waals surface area contributed by atoms with Crippen molar-refractivity contribution < 1.29 is 9.90 Å². The lowest BCUT2D eigenvalue weighted by Gasteiger charge is -2.04. The third-order valence-electron chi connectivity index (χ3n) is 2.53. The minimum absolute atomic E-state index is 0.441. The van der Waals surface area contributed by atoms with Crippen LogP contribution in [0.2, 0.25) is 0 Å². The Kier molecular flexibility index (Phi) is 2.72. The van der Waals surface area contributed by atoms with E-state index in [1.807, 2.05) is 24.4 Å². The van der Waals surface area contributed by atoms with Crippen molar-refractivity contribution in [2.24, 2.45) is 0 Å². The second-order valence-corrected chi connectivity index (χ2v) is 3.73. The van der Waals surface area contributed by atoms with Crippen molar-refractivity contribution in [2.45, 2.75) is 18.9 Å². The highest BCUT2D eigenvalue weighted by molar-refractivity contribution is 5.74. The van der Waals surface area contributed by atoms with Crippen molar-refractivity contribution in [1.29, 1.82) is 0 Å². The average Bonchev–Trinajstić information content (AvgIpc) is 2.68. The van der Waals surface area contributed by atoms with Crippen LogP contribution in [0.15, 0.2) is 42.1 Å². The molecule has 0 amide bonds. The Morgan fingerprint density at radius 3 is 2.73 bits per heavy atom. The van der Waals surface area contributed by atoms with E-state index < -0.39 is 12.0 Å². The Morgan fingerprint density at radius 2 is 2.13 bits per heavy atom. The Morgan fingerprint density at radius 1 is 1.40 bits per heavy atom. The lowest BCUT2D eigenvalue weighted by atomic mass is 10.0. The number of aliphatic carboxylic acids is 1. The molecule has 1 aliphatic heterocycles. The first kappa shape index (κ1) is 9.77. The summed E-state index contributed by atoms with van der Waals surface area (Å²) in [5, 5.41) is 11.7. The number of rotatable bonds is 3. The van der Waals surface area contributed by atoms with Crippen molar-refractivity contribution in [2.75, 3.05) is 0 Å². The topological polar surface area (TPSA) is 49.3 Å². The van der Waals surface area contributed by atoms with Gasteiger partial charge in [-0.25, -0.2) is 4.79 Å². The Balaban J connectivity index is 1.96. The lowest BCUT2D eigenvalue weighted by molar-refractivity contribution is -0.138. The SMILES string of the molecule is O=C(O)C1CC(Cc2ccccc2)=CN1. The summed E-state index contributed by atoms with van der Waals surface area (Å²) < 4.78 is 0. The minimum atomic E-state index is -0.783. The largest absolute Gasteiger partial charge is 0.480 e. The van der Waals surface area contributed by atoms with E-state index in [-0.39, 0.29) is 0 Å². The van der Waals surface area contributed by atoms with Gasteiger partial charge in [0.15, 0.2) is 0 Å². The number of benzene rings is 1. The van der Waals surface area contributed by atoms with Crippen LogP contribution in [-0.4, -0.2) is 17.1 Å². The van der Waals surface area contributed by atoms with E-state index in [1.54, 1.807) is 0 Å². The number of hydrogen-bond acceptors (Lipinski definition) is 2. The van der Waals surface area contributed by atoms with Gasteiger partial charge in [-0.3, -0.25) is 0 Å². The van der Waals surface area contributed by atoms with Gasteiger partial charge in [0.1, 0.15) is 6.04 Å². The molecular formula is C12H13NO2. The molecular weight excluding hydrogens is 190 g/mol. The van der Waals surface area contributed by atoms with Crippen molar-refractivity contribution in [3.63, 3.8) is 0 Å². The fourth-order valence-electron chi connectivity index (χ4n) is 1.74. The van der Waals surface area contributed by atoms with Crippen LogP contribution in [0.3, 0.4) is 0 Å². The second-order valence-electron chi connectivity index (χ2n) is 3.73. The first-order valence-electron chi connectivity index (χ1n) is 4.96. The number of nitrogens with one attached hydrogen (secondary N) is 1. The summed E-state index contributed by atoms with van der Waals surface area (Å²) >= 11 is 0. The average molecular weight is 203 g/mol. The molecule has 1 aliphatic rings. The Labute approximate surface area is 88.4 Å². The molecule has 78 valence electrons. The molecule has 3 nitrogen and oxygen atoms in total. The fraction of sp³-hybridized carbons (Fsp3) is 0.250. The van der Waals surface area contributed by atoms with Gasteiger partial charge >= 0.3 is 5.97 Å². The molecule has 3 heteroatoms. The molecule has 0 saturated heterocycles. The summed E-state index contributed by atoms with van der Waals surface area (Å²) in [4.78, 5) is 10.7. The highest BCUT2D eigenvalue weighted by Gasteiger charge is 2.22. The number of carboxylic acids is 1. The van der Waals surface area contributed by atoms with E-state index in [0.29, 0.717) is 6.42 Å². The third kappa shape index (κ3) is 2.37. The second kappa shape index (κ2) is 4.17. The summed E-state index contributed by atoms with van der Waals surface area (Å²) in [6.07, 6.45) is 3.26. The van der Waals surface area contributed by atoms with Gasteiger partial charge in [0, 0.05) is 6.42 Å². The van der Waals surface area contributed by atoms with Crippen LogP contribution >= 0.6 is 0 Å². The lowest BCUT2D eigenvalue weighted by Crippen LogP contribution is -2.28. The van der Waals surface area contributed by atoms with Crippen molar-refractivity contribution >= 4 is 5.97 Å². The summed E-state index contributed by atoms with van der Waals surface area (Å²) in [6, 6.07) is 9.62. The maximum absolute atomic E-state index is 10.7. The van der Waals surface area contributed by atoms with Gasteiger partial charge in [0.25, 0.3) is 0 Å². The van der Waals surface area contributed by atoms with Gasteiger partial charge in [0.05, 0.1) is 0 Å². The monoisotopic (exact) mass is 203 g/mol. The van der Waals surface area contributed by atoms with Crippen LogP contribution in [0, 0.1) is 0 Å². The van der Waals surface area contributed by atoms with Gasteiger partial charge < -0.3 is 10.4 Å². The minimum Gasteiger partial charge on any atom is -0.480 e. The van der Waals surface area contributed by atoms with Gasteiger partial charge in [-0.15, -0.1) is 0 Å². The van der Waals surface area contributed by atoms with Crippen LogP contribution in [0.5, 0.6) is 0 Å². The molecule has 1 aromatic carbocycles. The van der Waals surface area contributed by atoms with E-state index in [4.69, 9.17) is 5.11 Å². The summed E-state index contributed by atoms with van der Waals surface area (Å²) in [7, 11) is 0.